The Morgan fingerprint density at radius 1 is 1.14 bits per heavy atom. The average molecular weight is 195 g/mol. The second kappa shape index (κ2) is 2.96. The van der Waals surface area contributed by atoms with Gasteiger partial charge >= 0.3 is 5.97 Å². The third-order valence-electron chi connectivity index (χ3n) is 4.49. The van der Waals surface area contributed by atoms with Crippen LogP contribution in [0.5, 0.6) is 0 Å². The number of fused-ring (bicyclic) bond motifs is 3. The van der Waals surface area contributed by atoms with Gasteiger partial charge in [-0.05, 0) is 31.1 Å². The van der Waals surface area contributed by atoms with Crippen molar-refractivity contribution in [2.75, 3.05) is 6.54 Å². The minimum Gasteiger partial charge on any atom is -0.480 e. The average Bonchev–Trinajstić information content (AvgIpc) is 2.34. The molecule has 0 aromatic rings. The zero-order chi connectivity index (χ0) is 9.71. The first-order valence-corrected chi connectivity index (χ1v) is 5.77. The maximum atomic E-state index is 11.2. The normalized spacial score (nSPS) is 46.6. The van der Waals surface area contributed by atoms with E-state index in [4.69, 9.17) is 0 Å². The number of hydrogen-bond acceptors (Lipinski definition) is 2. The molecule has 14 heavy (non-hydrogen) atoms. The summed E-state index contributed by atoms with van der Waals surface area (Å²) >= 11 is 0. The van der Waals surface area contributed by atoms with Gasteiger partial charge in [-0.2, -0.15) is 0 Å². The number of hydrogen-bond donors (Lipinski definition) is 1. The predicted octanol–water partition coefficient (Wildman–Crippen LogP) is 1.33. The van der Waals surface area contributed by atoms with Crippen molar-refractivity contribution < 1.29 is 9.90 Å². The van der Waals surface area contributed by atoms with Crippen molar-refractivity contribution in [3.63, 3.8) is 0 Å². The number of nitrogens with zero attached hydrogens (tertiary/aromatic N) is 1. The zero-order valence-electron chi connectivity index (χ0n) is 8.35. The molecule has 4 unspecified atom stereocenters. The molecule has 1 aliphatic carbocycles. The first kappa shape index (κ1) is 8.72. The molecule has 3 fully saturated rings. The number of rotatable bonds is 1. The molecule has 2 heterocycles. The fourth-order valence-corrected chi connectivity index (χ4v) is 3.86. The zero-order valence-corrected chi connectivity index (χ0v) is 8.35. The molecule has 0 radical (unpaired) electrons. The van der Waals surface area contributed by atoms with Crippen LogP contribution in [0.15, 0.2) is 0 Å². The van der Waals surface area contributed by atoms with Crippen molar-refractivity contribution in [1.29, 1.82) is 0 Å². The maximum absolute atomic E-state index is 11.2. The van der Waals surface area contributed by atoms with Gasteiger partial charge in [-0.3, -0.25) is 9.69 Å². The lowest BCUT2D eigenvalue weighted by Crippen LogP contribution is -2.51. The van der Waals surface area contributed by atoms with Crippen molar-refractivity contribution in [3.05, 3.63) is 0 Å². The summed E-state index contributed by atoms with van der Waals surface area (Å²) in [6.07, 6.45) is 6.22. The molecule has 0 spiro atoms. The molecule has 0 aromatic heterocycles. The highest BCUT2D eigenvalue weighted by molar-refractivity contribution is 5.75. The van der Waals surface area contributed by atoms with Crippen molar-refractivity contribution in [2.45, 2.75) is 44.2 Å². The topological polar surface area (TPSA) is 40.5 Å². The highest BCUT2D eigenvalue weighted by Crippen LogP contribution is 2.49. The minimum absolute atomic E-state index is 0.140. The van der Waals surface area contributed by atoms with E-state index < -0.39 is 5.97 Å². The van der Waals surface area contributed by atoms with E-state index in [-0.39, 0.29) is 6.04 Å². The quantitative estimate of drug-likeness (QED) is 0.686. The van der Waals surface area contributed by atoms with Gasteiger partial charge in [0.15, 0.2) is 0 Å². The van der Waals surface area contributed by atoms with Gasteiger partial charge in [-0.15, -0.1) is 0 Å². The molecule has 78 valence electrons. The van der Waals surface area contributed by atoms with Gasteiger partial charge in [0.1, 0.15) is 6.04 Å². The summed E-state index contributed by atoms with van der Waals surface area (Å²) < 4.78 is 0. The summed E-state index contributed by atoms with van der Waals surface area (Å²) in [5.41, 5.74) is 0. The molecule has 3 nitrogen and oxygen atoms in total. The molecular formula is C11H17NO2. The van der Waals surface area contributed by atoms with E-state index in [0.29, 0.717) is 17.9 Å². The molecule has 1 N–H and O–H groups in total. The number of carboxylic acid groups (broad SMARTS) is 1. The highest BCUT2D eigenvalue weighted by atomic mass is 16.4. The standard InChI is InChI=1S/C11H17NO2/c13-11(14)10-8-4-2-1-3-7(8)9-5-6-12(9)10/h7-10H,1-6H2,(H,13,14). The molecule has 0 bridgehead atoms. The molecule has 3 heteroatoms. The van der Waals surface area contributed by atoms with Gasteiger partial charge in [0.2, 0.25) is 0 Å². The van der Waals surface area contributed by atoms with Crippen molar-refractivity contribution in [3.8, 4) is 0 Å². The summed E-state index contributed by atoms with van der Waals surface area (Å²) in [5.74, 6) is 0.594. The predicted molar refractivity (Wildman–Crippen MR) is 52.0 cm³/mol. The van der Waals surface area contributed by atoms with Gasteiger partial charge in [-0.1, -0.05) is 12.8 Å². The van der Waals surface area contributed by atoms with Crippen molar-refractivity contribution >= 4 is 5.97 Å². The van der Waals surface area contributed by atoms with Gasteiger partial charge < -0.3 is 5.11 Å². The first-order chi connectivity index (χ1) is 6.79. The smallest absolute Gasteiger partial charge is 0.321 e. The molecule has 1 saturated carbocycles. The van der Waals surface area contributed by atoms with Crippen LogP contribution in [0.4, 0.5) is 0 Å². The summed E-state index contributed by atoms with van der Waals surface area (Å²) in [6, 6.07) is 0.487. The van der Waals surface area contributed by atoms with E-state index in [0.717, 1.165) is 13.0 Å². The Balaban J connectivity index is 1.87. The van der Waals surface area contributed by atoms with Gasteiger partial charge in [-0.25, -0.2) is 0 Å². The largest absolute Gasteiger partial charge is 0.480 e. The van der Waals surface area contributed by atoms with Crippen LogP contribution in [0, 0.1) is 11.8 Å². The monoisotopic (exact) mass is 195 g/mol. The van der Waals surface area contributed by atoms with Crippen LogP contribution in [-0.4, -0.2) is 34.6 Å². The van der Waals surface area contributed by atoms with E-state index in [2.05, 4.69) is 4.90 Å². The van der Waals surface area contributed by atoms with Crippen LogP contribution in [0.3, 0.4) is 0 Å². The summed E-state index contributed by atoms with van der Waals surface area (Å²) in [5, 5.41) is 9.23. The second-order valence-electron chi connectivity index (χ2n) is 4.99. The lowest BCUT2D eigenvalue weighted by atomic mass is 9.75. The van der Waals surface area contributed by atoms with Crippen LogP contribution in [0.25, 0.3) is 0 Å². The Kier molecular flexibility index (Phi) is 1.84. The van der Waals surface area contributed by atoms with Gasteiger partial charge in [0.25, 0.3) is 0 Å². The third kappa shape index (κ3) is 0.991. The Morgan fingerprint density at radius 2 is 1.86 bits per heavy atom. The number of carboxylic acids is 1. The van der Waals surface area contributed by atoms with Crippen molar-refractivity contribution in [2.24, 2.45) is 11.8 Å². The van der Waals surface area contributed by atoms with Gasteiger partial charge in [0.05, 0.1) is 0 Å². The first-order valence-electron chi connectivity index (χ1n) is 5.77. The lowest BCUT2D eigenvalue weighted by Gasteiger charge is -2.39. The van der Waals surface area contributed by atoms with E-state index in [1.165, 1.54) is 25.7 Å². The lowest BCUT2D eigenvalue weighted by molar-refractivity contribution is -0.145. The Morgan fingerprint density at radius 3 is 2.43 bits per heavy atom. The van der Waals surface area contributed by atoms with E-state index in [1.807, 2.05) is 0 Å². The Hall–Kier alpha value is -0.570. The van der Waals surface area contributed by atoms with E-state index in [9.17, 15) is 9.90 Å². The molecule has 3 aliphatic rings. The molecule has 0 amide bonds. The summed E-state index contributed by atoms with van der Waals surface area (Å²) in [7, 11) is 0. The molecule has 3 rings (SSSR count). The van der Waals surface area contributed by atoms with Crippen LogP contribution in [-0.2, 0) is 4.79 Å². The minimum atomic E-state index is -0.580. The van der Waals surface area contributed by atoms with Crippen LogP contribution >= 0.6 is 0 Å². The number of carbonyl (C=O) groups is 1. The highest BCUT2D eigenvalue weighted by Gasteiger charge is 2.55. The third-order valence-corrected chi connectivity index (χ3v) is 4.49. The molecular weight excluding hydrogens is 178 g/mol. The van der Waals surface area contributed by atoms with Crippen LogP contribution < -0.4 is 0 Å². The SMILES string of the molecule is O=C(O)C1C2CCCCC2C2CCN21. The second-order valence-corrected chi connectivity index (χ2v) is 4.99. The van der Waals surface area contributed by atoms with E-state index >= 15 is 0 Å². The summed E-state index contributed by atoms with van der Waals surface area (Å²) in [6.45, 7) is 1.02. The van der Waals surface area contributed by atoms with Gasteiger partial charge in [0, 0.05) is 12.6 Å². The molecule has 4 atom stereocenters. The van der Waals surface area contributed by atoms with Crippen molar-refractivity contribution in [1.82, 2.24) is 4.90 Å². The molecule has 0 aromatic carbocycles. The Labute approximate surface area is 84.1 Å². The fraction of sp³-hybridized carbons (Fsp3) is 0.909. The van der Waals surface area contributed by atoms with Crippen LogP contribution in [0.1, 0.15) is 32.1 Å². The number of aliphatic carboxylic acids is 1. The maximum Gasteiger partial charge on any atom is 0.321 e. The fourth-order valence-electron chi connectivity index (χ4n) is 3.86. The summed E-state index contributed by atoms with van der Waals surface area (Å²) in [4.78, 5) is 13.4. The van der Waals surface area contributed by atoms with E-state index in [1.54, 1.807) is 0 Å². The van der Waals surface area contributed by atoms with Crippen LogP contribution in [0.2, 0.25) is 0 Å². The molecule has 2 aliphatic heterocycles. The molecule has 2 saturated heterocycles. The Bertz CT molecular complexity index is 266.